The number of benzene rings is 2. The van der Waals surface area contributed by atoms with Crippen LogP contribution in [0.25, 0.3) is 11.3 Å². The molecule has 25 heavy (non-hydrogen) atoms. The Morgan fingerprint density at radius 1 is 1.12 bits per heavy atom. The number of carbonyl (C=O) groups excluding carboxylic acids is 1. The van der Waals surface area contributed by atoms with Crippen molar-refractivity contribution in [1.82, 2.24) is 9.78 Å². The number of carbonyl (C=O) groups is 1. The van der Waals surface area contributed by atoms with Crippen molar-refractivity contribution < 1.29 is 9.18 Å². The third kappa shape index (κ3) is 4.39. The van der Waals surface area contributed by atoms with Gasteiger partial charge < -0.3 is 5.32 Å². The number of nitrogens with zero attached hydrogens (tertiary/aromatic N) is 2. The highest BCUT2D eigenvalue weighted by Crippen LogP contribution is 2.16. The van der Waals surface area contributed by atoms with Gasteiger partial charge in [-0.3, -0.25) is 9.59 Å². The second-order valence-electron chi connectivity index (χ2n) is 5.28. The minimum atomic E-state index is -0.393. The van der Waals surface area contributed by atoms with Crippen molar-refractivity contribution in [2.45, 2.75) is 6.54 Å². The molecule has 1 heterocycles. The number of rotatable bonds is 4. The summed E-state index contributed by atoms with van der Waals surface area (Å²) < 4.78 is 14.9. The van der Waals surface area contributed by atoms with Gasteiger partial charge in [0.2, 0.25) is 5.91 Å². The predicted octanol–water partition coefficient (Wildman–Crippen LogP) is 3.45. The maximum Gasteiger partial charge on any atom is 0.267 e. The molecule has 0 radical (unpaired) electrons. The van der Waals surface area contributed by atoms with Gasteiger partial charge in [0.15, 0.2) is 0 Å². The van der Waals surface area contributed by atoms with Crippen LogP contribution in [0.1, 0.15) is 0 Å². The summed E-state index contributed by atoms with van der Waals surface area (Å²) in [4.78, 5) is 24.1. The summed E-state index contributed by atoms with van der Waals surface area (Å²) in [6.45, 7) is -0.222. The van der Waals surface area contributed by atoms with Crippen LogP contribution in [0.2, 0.25) is 0 Å². The van der Waals surface area contributed by atoms with Crippen LogP contribution >= 0.6 is 15.9 Å². The van der Waals surface area contributed by atoms with E-state index in [1.165, 1.54) is 24.3 Å². The van der Waals surface area contributed by atoms with Gasteiger partial charge in [-0.15, -0.1) is 0 Å². The van der Waals surface area contributed by atoms with Crippen molar-refractivity contribution in [2.24, 2.45) is 0 Å². The van der Waals surface area contributed by atoms with Gasteiger partial charge in [0.25, 0.3) is 5.56 Å². The number of nitrogens with one attached hydrogen (secondary N) is 1. The fraction of sp³-hybridized carbons (Fsp3) is 0.0556. The number of hydrogen-bond donors (Lipinski definition) is 1. The second-order valence-corrected chi connectivity index (χ2v) is 6.20. The molecule has 1 aromatic heterocycles. The number of anilines is 1. The van der Waals surface area contributed by atoms with Gasteiger partial charge in [-0.2, -0.15) is 5.10 Å². The first-order valence-corrected chi connectivity index (χ1v) is 8.20. The molecule has 1 N–H and O–H groups in total. The van der Waals surface area contributed by atoms with Gasteiger partial charge in [0.1, 0.15) is 12.4 Å². The molecule has 0 saturated heterocycles. The van der Waals surface area contributed by atoms with Crippen LogP contribution in [0.4, 0.5) is 10.1 Å². The van der Waals surface area contributed by atoms with Crippen molar-refractivity contribution in [1.29, 1.82) is 0 Å². The molecular weight excluding hydrogens is 389 g/mol. The molecule has 0 aliphatic rings. The minimum Gasteiger partial charge on any atom is -0.324 e. The lowest BCUT2D eigenvalue weighted by Gasteiger charge is -2.08. The fourth-order valence-electron chi connectivity index (χ4n) is 2.24. The molecule has 126 valence electrons. The summed E-state index contributed by atoms with van der Waals surface area (Å²) in [5, 5.41) is 6.89. The Hall–Kier alpha value is -2.80. The summed E-state index contributed by atoms with van der Waals surface area (Å²) in [7, 11) is 0. The van der Waals surface area contributed by atoms with Crippen molar-refractivity contribution >= 4 is 27.5 Å². The van der Waals surface area contributed by atoms with Crippen LogP contribution in [0.5, 0.6) is 0 Å². The third-order valence-electron chi connectivity index (χ3n) is 3.41. The highest BCUT2D eigenvalue weighted by atomic mass is 79.9. The standard InChI is InChI=1S/C18H13BrFN3O2/c19-13-2-1-3-15(10-13)21-17(24)11-23-18(25)9-8-16(22-23)12-4-6-14(20)7-5-12/h1-10H,11H2,(H,21,24). The second kappa shape index (κ2) is 7.40. The fourth-order valence-corrected chi connectivity index (χ4v) is 2.64. The van der Waals surface area contributed by atoms with E-state index in [4.69, 9.17) is 0 Å². The average Bonchev–Trinajstić information content (AvgIpc) is 2.57. The number of hydrogen-bond acceptors (Lipinski definition) is 3. The van der Waals surface area contributed by atoms with E-state index in [0.717, 1.165) is 9.15 Å². The van der Waals surface area contributed by atoms with Crippen molar-refractivity contribution in [3.63, 3.8) is 0 Å². The lowest BCUT2D eigenvalue weighted by molar-refractivity contribution is -0.117. The molecular formula is C18H13BrFN3O2. The van der Waals surface area contributed by atoms with E-state index >= 15 is 0 Å². The molecule has 0 unspecified atom stereocenters. The van der Waals surface area contributed by atoms with Gasteiger partial charge in [0, 0.05) is 21.8 Å². The van der Waals surface area contributed by atoms with E-state index < -0.39 is 5.56 Å². The van der Waals surface area contributed by atoms with Gasteiger partial charge in [-0.05, 0) is 48.5 Å². The molecule has 1 amide bonds. The van der Waals surface area contributed by atoms with E-state index in [9.17, 15) is 14.0 Å². The number of halogens is 2. The molecule has 0 aliphatic carbocycles. The first kappa shape index (κ1) is 17.0. The average molecular weight is 402 g/mol. The van der Waals surface area contributed by atoms with E-state index in [0.29, 0.717) is 16.9 Å². The van der Waals surface area contributed by atoms with Crippen LogP contribution < -0.4 is 10.9 Å². The zero-order valence-corrected chi connectivity index (χ0v) is 14.5. The lowest BCUT2D eigenvalue weighted by Crippen LogP contribution is -2.29. The van der Waals surface area contributed by atoms with Crippen molar-refractivity contribution in [3.8, 4) is 11.3 Å². The molecule has 3 aromatic rings. The van der Waals surface area contributed by atoms with E-state index in [-0.39, 0.29) is 18.3 Å². The maximum atomic E-state index is 13.0. The smallest absolute Gasteiger partial charge is 0.267 e. The van der Waals surface area contributed by atoms with E-state index in [2.05, 4.69) is 26.3 Å². The van der Waals surface area contributed by atoms with E-state index in [1.807, 2.05) is 6.07 Å². The van der Waals surface area contributed by atoms with Crippen LogP contribution in [0.3, 0.4) is 0 Å². The zero-order valence-electron chi connectivity index (χ0n) is 12.9. The molecule has 7 heteroatoms. The Morgan fingerprint density at radius 2 is 1.88 bits per heavy atom. The highest BCUT2D eigenvalue weighted by Gasteiger charge is 2.09. The minimum absolute atomic E-state index is 0.222. The van der Waals surface area contributed by atoms with Gasteiger partial charge in [0.05, 0.1) is 5.69 Å². The molecule has 0 aliphatic heterocycles. The highest BCUT2D eigenvalue weighted by molar-refractivity contribution is 9.10. The van der Waals surface area contributed by atoms with Crippen LogP contribution in [0, 0.1) is 5.82 Å². The maximum absolute atomic E-state index is 13.0. The van der Waals surface area contributed by atoms with Crippen LogP contribution in [0.15, 0.2) is 69.9 Å². The normalized spacial score (nSPS) is 10.5. The Bertz CT molecular complexity index is 971. The van der Waals surface area contributed by atoms with Crippen molar-refractivity contribution in [2.75, 3.05) is 5.32 Å². The van der Waals surface area contributed by atoms with Crippen molar-refractivity contribution in [3.05, 3.63) is 81.3 Å². The summed E-state index contributed by atoms with van der Waals surface area (Å²) in [6, 6.07) is 15.8. The Labute approximate surface area is 151 Å². The van der Waals surface area contributed by atoms with Crippen LogP contribution in [-0.2, 0) is 11.3 Å². The predicted molar refractivity (Wildman–Crippen MR) is 96.7 cm³/mol. The summed E-state index contributed by atoms with van der Waals surface area (Å²) in [6.07, 6.45) is 0. The summed E-state index contributed by atoms with van der Waals surface area (Å²) in [5.74, 6) is -0.727. The first-order valence-electron chi connectivity index (χ1n) is 7.41. The zero-order chi connectivity index (χ0) is 17.8. The van der Waals surface area contributed by atoms with Gasteiger partial charge in [-0.1, -0.05) is 22.0 Å². The number of amides is 1. The van der Waals surface area contributed by atoms with E-state index in [1.54, 1.807) is 30.3 Å². The molecule has 5 nitrogen and oxygen atoms in total. The van der Waals surface area contributed by atoms with Crippen LogP contribution in [-0.4, -0.2) is 15.7 Å². The quantitative estimate of drug-likeness (QED) is 0.727. The lowest BCUT2D eigenvalue weighted by atomic mass is 10.1. The third-order valence-corrected chi connectivity index (χ3v) is 3.90. The topological polar surface area (TPSA) is 64.0 Å². The molecule has 2 aromatic carbocycles. The monoisotopic (exact) mass is 401 g/mol. The molecule has 0 spiro atoms. The Morgan fingerprint density at radius 3 is 2.60 bits per heavy atom. The summed E-state index contributed by atoms with van der Waals surface area (Å²) >= 11 is 3.33. The number of aromatic nitrogens is 2. The molecule has 0 saturated carbocycles. The molecule has 0 atom stereocenters. The Balaban J connectivity index is 1.80. The molecule has 3 rings (SSSR count). The summed E-state index contributed by atoms with van der Waals surface area (Å²) in [5.41, 5.74) is 1.36. The molecule has 0 fully saturated rings. The Kier molecular flexibility index (Phi) is 5.04. The van der Waals surface area contributed by atoms with Gasteiger partial charge in [-0.25, -0.2) is 9.07 Å². The first-order chi connectivity index (χ1) is 12.0. The molecule has 0 bridgehead atoms. The van der Waals surface area contributed by atoms with Gasteiger partial charge >= 0.3 is 0 Å². The SMILES string of the molecule is O=C(Cn1nc(-c2ccc(F)cc2)ccc1=O)Nc1cccc(Br)c1. The largest absolute Gasteiger partial charge is 0.324 e.